The number of rotatable bonds is 1. The van der Waals surface area contributed by atoms with Crippen molar-refractivity contribution in [3.63, 3.8) is 0 Å². The van der Waals surface area contributed by atoms with Crippen molar-refractivity contribution < 1.29 is 0 Å². The van der Waals surface area contributed by atoms with Gasteiger partial charge in [-0.2, -0.15) is 0 Å². The molecule has 1 unspecified atom stereocenters. The first-order chi connectivity index (χ1) is 5.24. The number of nitrogens with zero attached hydrogens (tertiary/aromatic N) is 1. The van der Waals surface area contributed by atoms with E-state index in [0.717, 1.165) is 0 Å². The van der Waals surface area contributed by atoms with Gasteiger partial charge in [0.25, 0.3) is 0 Å². The molecule has 1 heterocycles. The number of terminal acetylenes is 1. The van der Waals surface area contributed by atoms with Crippen LogP contribution in [0.1, 0.15) is 11.7 Å². The van der Waals surface area contributed by atoms with E-state index in [4.69, 9.17) is 23.8 Å². The molecule has 0 aliphatic rings. The summed E-state index contributed by atoms with van der Waals surface area (Å²) in [6, 6.07) is 2.99. The fourth-order valence-electron chi connectivity index (χ4n) is 0.657. The van der Waals surface area contributed by atoms with E-state index >= 15 is 0 Å². The second-order valence-electron chi connectivity index (χ2n) is 2.05. The second-order valence-corrected chi connectivity index (χ2v) is 2.48. The molecule has 1 aromatic heterocycles. The van der Waals surface area contributed by atoms with Crippen LogP contribution in [0.3, 0.4) is 0 Å². The van der Waals surface area contributed by atoms with Crippen molar-refractivity contribution in [1.82, 2.24) is 4.98 Å². The number of aromatic nitrogens is 1. The Morgan fingerprint density at radius 1 is 1.64 bits per heavy atom. The van der Waals surface area contributed by atoms with Crippen LogP contribution in [0.4, 0.5) is 0 Å². The van der Waals surface area contributed by atoms with Crippen molar-refractivity contribution in [3.8, 4) is 12.3 Å². The first-order valence-electron chi connectivity index (χ1n) is 3.07. The van der Waals surface area contributed by atoms with Crippen molar-refractivity contribution in [1.29, 1.82) is 0 Å². The maximum atomic E-state index is 5.60. The summed E-state index contributed by atoms with van der Waals surface area (Å²) in [5.41, 5.74) is 6.17. The fourth-order valence-corrected chi connectivity index (χ4v) is 0.768. The molecule has 1 rings (SSSR count). The van der Waals surface area contributed by atoms with Crippen molar-refractivity contribution in [2.45, 2.75) is 6.04 Å². The molecule has 11 heavy (non-hydrogen) atoms. The molecule has 0 radical (unpaired) electrons. The summed E-state index contributed by atoms with van der Waals surface area (Å²) in [4.78, 5) is 3.95. The maximum Gasteiger partial charge on any atom is 0.109 e. The van der Waals surface area contributed by atoms with E-state index in [9.17, 15) is 0 Å². The highest BCUT2D eigenvalue weighted by molar-refractivity contribution is 6.30. The van der Waals surface area contributed by atoms with Gasteiger partial charge in [0.15, 0.2) is 0 Å². The molecule has 0 saturated carbocycles. The van der Waals surface area contributed by atoms with Crippen LogP contribution in [-0.2, 0) is 0 Å². The standard InChI is InChI=1S/C8H7ClN2/c1-2-7(10)8-4-3-6(9)5-11-8/h1,3-5,7H,10H2. The van der Waals surface area contributed by atoms with Gasteiger partial charge in [0.1, 0.15) is 6.04 Å². The minimum absolute atomic E-state index is 0.438. The number of nitrogens with two attached hydrogens (primary N) is 1. The molecule has 0 bridgehead atoms. The molecule has 1 atom stereocenters. The second kappa shape index (κ2) is 3.38. The van der Waals surface area contributed by atoms with Crippen molar-refractivity contribution in [2.24, 2.45) is 5.73 Å². The lowest BCUT2D eigenvalue weighted by Crippen LogP contribution is -2.08. The van der Waals surface area contributed by atoms with E-state index in [1.807, 2.05) is 0 Å². The molecule has 0 amide bonds. The quantitative estimate of drug-likeness (QED) is 0.640. The molecule has 0 aromatic carbocycles. The van der Waals surface area contributed by atoms with Crippen LogP contribution in [0, 0.1) is 12.3 Å². The lowest BCUT2D eigenvalue weighted by molar-refractivity contribution is 0.891. The predicted molar refractivity (Wildman–Crippen MR) is 45.0 cm³/mol. The Bertz CT molecular complexity index is 273. The summed E-state index contributed by atoms with van der Waals surface area (Å²) in [7, 11) is 0. The van der Waals surface area contributed by atoms with Gasteiger partial charge in [-0.05, 0) is 12.1 Å². The van der Waals surface area contributed by atoms with E-state index in [2.05, 4.69) is 10.9 Å². The monoisotopic (exact) mass is 166 g/mol. The van der Waals surface area contributed by atoms with Crippen LogP contribution >= 0.6 is 11.6 Å². The number of hydrogen-bond donors (Lipinski definition) is 1. The zero-order valence-corrected chi connectivity index (χ0v) is 6.55. The molecule has 2 N–H and O–H groups in total. The molecule has 0 fully saturated rings. The summed E-state index contributed by atoms with van der Waals surface area (Å²) >= 11 is 5.60. The van der Waals surface area contributed by atoms with Crippen molar-refractivity contribution in [3.05, 3.63) is 29.0 Å². The normalized spacial score (nSPS) is 12.1. The average Bonchev–Trinajstić information content (AvgIpc) is 2.05. The average molecular weight is 167 g/mol. The molecular weight excluding hydrogens is 160 g/mol. The molecule has 2 nitrogen and oxygen atoms in total. The van der Waals surface area contributed by atoms with Gasteiger partial charge in [-0.3, -0.25) is 4.98 Å². The maximum absolute atomic E-state index is 5.60. The molecule has 0 aliphatic carbocycles. The van der Waals surface area contributed by atoms with Crippen LogP contribution in [0.15, 0.2) is 18.3 Å². The minimum Gasteiger partial charge on any atom is -0.313 e. The molecule has 1 aromatic rings. The molecular formula is C8H7ClN2. The Kier molecular flexibility index (Phi) is 2.48. The summed E-state index contributed by atoms with van der Waals surface area (Å²) in [5.74, 6) is 2.37. The molecule has 0 saturated heterocycles. The topological polar surface area (TPSA) is 38.9 Å². The zero-order chi connectivity index (χ0) is 8.27. The SMILES string of the molecule is C#CC(N)c1ccc(Cl)cn1. The Morgan fingerprint density at radius 3 is 2.82 bits per heavy atom. The highest BCUT2D eigenvalue weighted by atomic mass is 35.5. The Labute approximate surface area is 70.4 Å². The summed E-state index contributed by atoms with van der Waals surface area (Å²) in [6.45, 7) is 0. The fraction of sp³-hybridized carbons (Fsp3) is 0.125. The number of hydrogen-bond acceptors (Lipinski definition) is 2. The Hall–Kier alpha value is -1.04. The smallest absolute Gasteiger partial charge is 0.109 e. The molecule has 56 valence electrons. The van der Waals surface area contributed by atoms with E-state index in [1.165, 1.54) is 6.20 Å². The van der Waals surface area contributed by atoms with Crippen molar-refractivity contribution >= 4 is 11.6 Å². The summed E-state index contributed by atoms with van der Waals surface area (Å²) in [5, 5.41) is 0.581. The van der Waals surface area contributed by atoms with Gasteiger partial charge in [0.2, 0.25) is 0 Å². The first-order valence-corrected chi connectivity index (χ1v) is 3.45. The lowest BCUT2D eigenvalue weighted by Gasteiger charge is -2.01. The molecule has 0 aliphatic heterocycles. The minimum atomic E-state index is -0.438. The van der Waals surface area contributed by atoms with E-state index in [1.54, 1.807) is 12.1 Å². The lowest BCUT2D eigenvalue weighted by atomic mass is 10.2. The third-order valence-electron chi connectivity index (χ3n) is 1.25. The van der Waals surface area contributed by atoms with Gasteiger partial charge in [-0.25, -0.2) is 0 Å². The Morgan fingerprint density at radius 2 is 2.36 bits per heavy atom. The first kappa shape index (κ1) is 8.06. The zero-order valence-electron chi connectivity index (χ0n) is 5.79. The highest BCUT2D eigenvalue weighted by Gasteiger charge is 2.01. The largest absolute Gasteiger partial charge is 0.313 e. The summed E-state index contributed by atoms with van der Waals surface area (Å²) < 4.78 is 0. The summed E-state index contributed by atoms with van der Waals surface area (Å²) in [6.07, 6.45) is 6.62. The number of pyridine rings is 1. The van der Waals surface area contributed by atoms with Gasteiger partial charge in [0, 0.05) is 6.20 Å². The van der Waals surface area contributed by atoms with E-state index in [0.29, 0.717) is 10.7 Å². The van der Waals surface area contributed by atoms with E-state index in [-0.39, 0.29) is 0 Å². The van der Waals surface area contributed by atoms with Crippen LogP contribution in [0.5, 0.6) is 0 Å². The van der Waals surface area contributed by atoms with Crippen LogP contribution in [-0.4, -0.2) is 4.98 Å². The van der Waals surface area contributed by atoms with Gasteiger partial charge in [-0.1, -0.05) is 17.5 Å². The van der Waals surface area contributed by atoms with Crippen LogP contribution in [0.25, 0.3) is 0 Å². The third kappa shape index (κ3) is 1.94. The van der Waals surface area contributed by atoms with Gasteiger partial charge in [0.05, 0.1) is 10.7 Å². The Balaban J connectivity index is 2.92. The van der Waals surface area contributed by atoms with Crippen LogP contribution < -0.4 is 5.73 Å². The van der Waals surface area contributed by atoms with Gasteiger partial charge >= 0.3 is 0 Å². The van der Waals surface area contributed by atoms with Gasteiger partial charge in [-0.15, -0.1) is 6.42 Å². The van der Waals surface area contributed by atoms with E-state index < -0.39 is 6.04 Å². The molecule has 0 spiro atoms. The highest BCUT2D eigenvalue weighted by Crippen LogP contribution is 2.09. The number of halogens is 1. The third-order valence-corrected chi connectivity index (χ3v) is 1.47. The van der Waals surface area contributed by atoms with Gasteiger partial charge < -0.3 is 5.73 Å². The van der Waals surface area contributed by atoms with Crippen molar-refractivity contribution in [2.75, 3.05) is 0 Å². The molecule has 3 heteroatoms. The van der Waals surface area contributed by atoms with Crippen LogP contribution in [0.2, 0.25) is 5.02 Å². The predicted octanol–water partition coefficient (Wildman–Crippen LogP) is 1.37.